The van der Waals surface area contributed by atoms with Gasteiger partial charge in [0.2, 0.25) is 0 Å². The molecular formula is C21H18F2N2O3S. The number of rotatable bonds is 6. The zero-order valence-corrected chi connectivity index (χ0v) is 16.2. The molecule has 0 bridgehead atoms. The molecule has 1 fully saturated rings. The predicted octanol–water partition coefficient (Wildman–Crippen LogP) is 4.90. The van der Waals surface area contributed by atoms with Crippen molar-refractivity contribution < 1.29 is 23.0 Å². The Kier molecular flexibility index (Phi) is 5.82. The van der Waals surface area contributed by atoms with Gasteiger partial charge in [0.25, 0.3) is 5.91 Å². The minimum atomic E-state index is -0.944. The van der Waals surface area contributed by atoms with Gasteiger partial charge in [0.15, 0.2) is 16.8 Å². The Bertz CT molecular complexity index is 1020. The molecule has 2 heterocycles. The van der Waals surface area contributed by atoms with Gasteiger partial charge in [-0.25, -0.2) is 13.8 Å². The zero-order chi connectivity index (χ0) is 20.2. The van der Waals surface area contributed by atoms with E-state index in [9.17, 15) is 13.6 Å². The Balaban J connectivity index is 1.41. The largest absolute Gasteiger partial charge is 0.491 e. The third-order valence-corrected chi connectivity index (χ3v) is 5.25. The number of halogens is 2. The van der Waals surface area contributed by atoms with Crippen LogP contribution in [0.5, 0.6) is 5.75 Å². The minimum Gasteiger partial charge on any atom is -0.491 e. The Morgan fingerprint density at radius 2 is 2.14 bits per heavy atom. The monoisotopic (exact) mass is 416 g/mol. The molecule has 1 aliphatic rings. The molecule has 1 N–H and O–H groups in total. The van der Waals surface area contributed by atoms with Crippen molar-refractivity contribution in [1.82, 2.24) is 4.98 Å². The average molecular weight is 416 g/mol. The number of carbonyl (C=O) groups is 1. The Labute approximate surface area is 170 Å². The van der Waals surface area contributed by atoms with Gasteiger partial charge in [-0.15, -0.1) is 11.3 Å². The van der Waals surface area contributed by atoms with Crippen LogP contribution < -0.4 is 10.1 Å². The second-order valence-electron chi connectivity index (χ2n) is 6.59. The van der Waals surface area contributed by atoms with E-state index in [1.165, 1.54) is 17.4 Å². The summed E-state index contributed by atoms with van der Waals surface area (Å²) in [6.45, 7) is 1.21. The molecule has 1 atom stereocenters. The van der Waals surface area contributed by atoms with Crippen molar-refractivity contribution in [2.45, 2.75) is 18.9 Å². The van der Waals surface area contributed by atoms with Gasteiger partial charge in [-0.1, -0.05) is 6.07 Å². The van der Waals surface area contributed by atoms with Crippen molar-refractivity contribution in [3.63, 3.8) is 0 Å². The van der Waals surface area contributed by atoms with Gasteiger partial charge in [-0.05, 0) is 49.2 Å². The molecular weight excluding hydrogens is 398 g/mol. The van der Waals surface area contributed by atoms with Gasteiger partial charge in [0.1, 0.15) is 12.4 Å². The lowest BCUT2D eigenvalue weighted by molar-refractivity contribution is 0.0679. The van der Waals surface area contributed by atoms with E-state index in [2.05, 4.69) is 10.3 Å². The molecule has 5 nitrogen and oxygen atoms in total. The number of hydrogen-bond acceptors (Lipinski definition) is 5. The highest BCUT2D eigenvalue weighted by molar-refractivity contribution is 7.14. The molecule has 3 aromatic rings. The molecule has 1 amide bonds. The lowest BCUT2D eigenvalue weighted by atomic mass is 10.2. The Hall–Kier alpha value is -2.84. The van der Waals surface area contributed by atoms with Crippen LogP contribution in [0.25, 0.3) is 11.3 Å². The summed E-state index contributed by atoms with van der Waals surface area (Å²) in [5.41, 5.74) is 1.32. The van der Waals surface area contributed by atoms with Crippen LogP contribution in [0.15, 0.2) is 47.8 Å². The fraction of sp³-hybridized carbons (Fsp3) is 0.238. The molecule has 8 heteroatoms. The van der Waals surface area contributed by atoms with E-state index >= 15 is 0 Å². The first-order valence-electron chi connectivity index (χ1n) is 9.15. The molecule has 0 spiro atoms. The summed E-state index contributed by atoms with van der Waals surface area (Å²) in [4.78, 5) is 16.8. The van der Waals surface area contributed by atoms with Crippen LogP contribution in [-0.4, -0.2) is 30.2 Å². The number of benzene rings is 2. The summed E-state index contributed by atoms with van der Waals surface area (Å²) in [6.07, 6.45) is 2.11. The predicted molar refractivity (Wildman–Crippen MR) is 106 cm³/mol. The van der Waals surface area contributed by atoms with Crippen molar-refractivity contribution in [2.75, 3.05) is 18.5 Å². The quantitative estimate of drug-likeness (QED) is 0.621. The van der Waals surface area contributed by atoms with E-state index in [0.717, 1.165) is 31.6 Å². The van der Waals surface area contributed by atoms with Gasteiger partial charge in [0, 0.05) is 23.1 Å². The number of amides is 1. The zero-order valence-electron chi connectivity index (χ0n) is 15.4. The standard InChI is InChI=1S/C21H18F2N2O3S/c22-17-7-6-13(10-18(17)23)19-12-29-21(24-19)25-20(26)14-3-1-4-15(9-14)28-11-16-5-2-8-27-16/h1,3-4,6-7,9-10,12,16H,2,5,8,11H2,(H,24,25,26). The lowest BCUT2D eigenvalue weighted by Crippen LogP contribution is -2.16. The molecule has 29 heavy (non-hydrogen) atoms. The normalized spacial score (nSPS) is 16.0. The topological polar surface area (TPSA) is 60.5 Å². The fourth-order valence-electron chi connectivity index (χ4n) is 2.98. The minimum absolute atomic E-state index is 0.0949. The average Bonchev–Trinajstić information content (AvgIpc) is 3.41. The van der Waals surface area contributed by atoms with Crippen LogP contribution in [0.3, 0.4) is 0 Å². The van der Waals surface area contributed by atoms with Gasteiger partial charge in [-0.2, -0.15) is 0 Å². The highest BCUT2D eigenvalue weighted by Crippen LogP contribution is 2.26. The van der Waals surface area contributed by atoms with E-state index in [-0.39, 0.29) is 12.0 Å². The molecule has 1 unspecified atom stereocenters. The molecule has 1 saturated heterocycles. The smallest absolute Gasteiger partial charge is 0.257 e. The third kappa shape index (κ3) is 4.78. The number of nitrogens with zero attached hydrogens (tertiary/aromatic N) is 1. The SMILES string of the molecule is O=C(Nc1nc(-c2ccc(F)c(F)c2)cs1)c1cccc(OCC2CCCO2)c1. The molecule has 0 saturated carbocycles. The van der Waals surface area contributed by atoms with Crippen LogP contribution in [0.2, 0.25) is 0 Å². The maximum atomic E-state index is 13.4. The number of thiazole rings is 1. The molecule has 150 valence electrons. The van der Waals surface area contributed by atoms with Crippen molar-refractivity contribution in [3.8, 4) is 17.0 Å². The molecule has 1 aliphatic heterocycles. The van der Waals surface area contributed by atoms with Crippen LogP contribution in [-0.2, 0) is 4.74 Å². The maximum absolute atomic E-state index is 13.4. The summed E-state index contributed by atoms with van der Waals surface area (Å²) in [7, 11) is 0. The van der Waals surface area contributed by atoms with E-state index in [4.69, 9.17) is 9.47 Å². The summed E-state index contributed by atoms with van der Waals surface area (Å²) < 4.78 is 37.8. The Morgan fingerprint density at radius 3 is 2.93 bits per heavy atom. The van der Waals surface area contributed by atoms with Crippen LogP contribution in [0, 0.1) is 11.6 Å². The van der Waals surface area contributed by atoms with Crippen LogP contribution in [0.4, 0.5) is 13.9 Å². The van der Waals surface area contributed by atoms with E-state index in [1.807, 2.05) is 0 Å². The number of ether oxygens (including phenoxy) is 2. The van der Waals surface area contributed by atoms with Crippen LogP contribution in [0.1, 0.15) is 23.2 Å². The number of carbonyl (C=O) groups excluding carboxylic acids is 1. The van der Waals surface area contributed by atoms with E-state index in [1.54, 1.807) is 29.6 Å². The highest BCUT2D eigenvalue weighted by atomic mass is 32.1. The first-order valence-corrected chi connectivity index (χ1v) is 10.0. The van der Waals surface area contributed by atoms with Gasteiger partial charge >= 0.3 is 0 Å². The summed E-state index contributed by atoms with van der Waals surface area (Å²) in [5.74, 6) is -1.60. The number of aromatic nitrogens is 1. The molecule has 0 radical (unpaired) electrons. The van der Waals surface area contributed by atoms with Crippen molar-refractivity contribution >= 4 is 22.4 Å². The highest BCUT2D eigenvalue weighted by Gasteiger charge is 2.17. The summed E-state index contributed by atoms with van der Waals surface area (Å²) >= 11 is 1.20. The first-order chi connectivity index (χ1) is 14.1. The molecule has 4 rings (SSSR count). The molecule has 1 aromatic heterocycles. The number of anilines is 1. The second kappa shape index (κ2) is 8.67. The molecule has 0 aliphatic carbocycles. The lowest BCUT2D eigenvalue weighted by Gasteiger charge is -2.12. The van der Waals surface area contributed by atoms with Gasteiger partial charge in [-0.3, -0.25) is 10.1 Å². The van der Waals surface area contributed by atoms with Crippen molar-refractivity contribution in [3.05, 3.63) is 65.0 Å². The maximum Gasteiger partial charge on any atom is 0.257 e. The third-order valence-electron chi connectivity index (χ3n) is 4.50. The van der Waals surface area contributed by atoms with Crippen molar-refractivity contribution in [1.29, 1.82) is 0 Å². The van der Waals surface area contributed by atoms with Crippen LogP contribution >= 0.6 is 11.3 Å². The Morgan fingerprint density at radius 1 is 1.24 bits per heavy atom. The fourth-order valence-corrected chi connectivity index (χ4v) is 3.70. The van der Waals surface area contributed by atoms with E-state index < -0.39 is 11.6 Å². The first kappa shape index (κ1) is 19.5. The number of hydrogen-bond donors (Lipinski definition) is 1. The summed E-state index contributed by atoms with van der Waals surface area (Å²) in [6, 6.07) is 10.4. The van der Waals surface area contributed by atoms with E-state index in [0.29, 0.717) is 34.3 Å². The summed E-state index contributed by atoms with van der Waals surface area (Å²) in [5, 5.41) is 4.75. The number of nitrogens with one attached hydrogen (secondary N) is 1. The second-order valence-corrected chi connectivity index (χ2v) is 7.45. The van der Waals surface area contributed by atoms with Gasteiger partial charge in [0.05, 0.1) is 11.8 Å². The molecule has 2 aromatic carbocycles. The van der Waals surface area contributed by atoms with Gasteiger partial charge < -0.3 is 9.47 Å². The van der Waals surface area contributed by atoms with Crippen molar-refractivity contribution in [2.24, 2.45) is 0 Å².